The van der Waals surface area contributed by atoms with Crippen LogP contribution in [-0.4, -0.2) is 33.1 Å². The molecule has 0 amide bonds. The van der Waals surface area contributed by atoms with Gasteiger partial charge in [0.1, 0.15) is 18.3 Å². The largest absolute Gasteiger partial charge is 0.465 e. The normalized spacial score (nSPS) is 21.2. The molecule has 0 radical (unpaired) electrons. The summed E-state index contributed by atoms with van der Waals surface area (Å²) in [7, 11) is 0. The van der Waals surface area contributed by atoms with E-state index in [0.717, 1.165) is 4.88 Å². The lowest BCUT2D eigenvalue weighted by Crippen LogP contribution is -2.36. The number of hydrogen-bond donors (Lipinski definition) is 0. The third-order valence-corrected chi connectivity index (χ3v) is 4.18. The Hall–Kier alpha value is -2.02. The van der Waals surface area contributed by atoms with Crippen LogP contribution in [0.2, 0.25) is 0 Å². The third kappa shape index (κ3) is 2.03. The molecular weight excluding hydrogens is 276 g/mol. The third-order valence-electron chi connectivity index (χ3n) is 3.24. The molecule has 2 atom stereocenters. The van der Waals surface area contributed by atoms with Gasteiger partial charge in [-0.25, -0.2) is 9.67 Å². The molecule has 7 heteroatoms. The number of rotatable bonds is 3. The van der Waals surface area contributed by atoms with E-state index in [9.17, 15) is 4.79 Å². The summed E-state index contributed by atoms with van der Waals surface area (Å²) in [4.78, 5) is 21.8. The molecule has 0 aromatic carbocycles. The molecule has 2 aromatic rings. The van der Waals surface area contributed by atoms with E-state index >= 15 is 0 Å². The Kier molecular flexibility index (Phi) is 3.35. The molecule has 6 nitrogen and oxygen atoms in total. The van der Waals surface area contributed by atoms with Crippen LogP contribution in [0.15, 0.2) is 28.8 Å². The zero-order chi connectivity index (χ0) is 14.1. The molecule has 1 aliphatic rings. The topological polar surface area (TPSA) is 69.4 Å². The average molecular weight is 290 g/mol. The Balaban J connectivity index is 2.09. The minimum atomic E-state index is -0.456. The van der Waals surface area contributed by atoms with Gasteiger partial charge < -0.3 is 4.74 Å². The summed E-state index contributed by atoms with van der Waals surface area (Å²) >= 11 is 1.59. The molecule has 3 heterocycles. The highest BCUT2D eigenvalue weighted by molar-refractivity contribution is 7.10. The van der Waals surface area contributed by atoms with Crippen molar-refractivity contribution in [1.29, 1.82) is 0 Å². The maximum atomic E-state index is 12.3. The van der Waals surface area contributed by atoms with Crippen molar-refractivity contribution in [1.82, 2.24) is 14.8 Å². The highest BCUT2D eigenvalue weighted by Crippen LogP contribution is 2.37. The molecule has 0 aliphatic carbocycles. The van der Waals surface area contributed by atoms with Crippen LogP contribution in [0.3, 0.4) is 0 Å². The number of carbonyl (C=O) groups is 1. The Morgan fingerprint density at radius 3 is 3.10 bits per heavy atom. The smallest absolute Gasteiger partial charge is 0.317 e. The van der Waals surface area contributed by atoms with Crippen molar-refractivity contribution in [3.05, 3.63) is 28.7 Å². The van der Waals surface area contributed by atoms with E-state index in [1.165, 1.54) is 6.33 Å². The van der Waals surface area contributed by atoms with Gasteiger partial charge in [0.15, 0.2) is 0 Å². The fourth-order valence-electron chi connectivity index (χ4n) is 2.39. The van der Waals surface area contributed by atoms with Gasteiger partial charge in [-0.05, 0) is 25.3 Å². The van der Waals surface area contributed by atoms with Crippen LogP contribution in [-0.2, 0) is 9.53 Å². The standard InChI is InChI=1S/C13H14N4O2S/c1-3-19-12(18)10-8(2)16-13-14-7-15-17(13)11(10)9-5-4-6-20-9/h4-7,10-11H,3H2,1-2H3. The average Bonchev–Trinajstić information content (AvgIpc) is 3.07. The molecule has 0 N–H and O–H groups in total. The number of fused-ring (bicyclic) bond motifs is 1. The number of ether oxygens (including phenoxy) is 1. The van der Waals surface area contributed by atoms with Crippen LogP contribution in [0, 0.1) is 5.92 Å². The molecule has 0 fully saturated rings. The van der Waals surface area contributed by atoms with Gasteiger partial charge in [-0.15, -0.1) is 11.3 Å². The van der Waals surface area contributed by atoms with E-state index in [-0.39, 0.29) is 12.0 Å². The van der Waals surface area contributed by atoms with Crippen molar-refractivity contribution >= 4 is 29.0 Å². The zero-order valence-corrected chi connectivity index (χ0v) is 12.0. The van der Waals surface area contributed by atoms with Gasteiger partial charge in [0, 0.05) is 10.6 Å². The van der Waals surface area contributed by atoms with E-state index < -0.39 is 5.92 Å². The van der Waals surface area contributed by atoms with Gasteiger partial charge in [0.2, 0.25) is 5.95 Å². The Labute approximate surface area is 120 Å². The monoisotopic (exact) mass is 290 g/mol. The minimum Gasteiger partial charge on any atom is -0.465 e. The molecule has 3 rings (SSSR count). The van der Waals surface area contributed by atoms with E-state index in [2.05, 4.69) is 15.1 Å². The van der Waals surface area contributed by atoms with Crippen molar-refractivity contribution in [2.24, 2.45) is 10.9 Å². The van der Waals surface area contributed by atoms with Crippen LogP contribution >= 0.6 is 11.3 Å². The van der Waals surface area contributed by atoms with E-state index in [4.69, 9.17) is 4.74 Å². The molecule has 0 saturated heterocycles. The van der Waals surface area contributed by atoms with Gasteiger partial charge in [-0.3, -0.25) is 4.79 Å². The Bertz CT molecular complexity index is 647. The molecule has 0 bridgehead atoms. The van der Waals surface area contributed by atoms with Crippen LogP contribution in [0.5, 0.6) is 0 Å². The SMILES string of the molecule is CCOC(=O)C1C(C)=Nc2ncnn2C1c1cccs1. The number of aromatic nitrogens is 3. The van der Waals surface area contributed by atoms with Crippen LogP contribution < -0.4 is 0 Å². The first kappa shape index (κ1) is 13.0. The molecular formula is C13H14N4O2S. The molecule has 1 aliphatic heterocycles. The lowest BCUT2D eigenvalue weighted by molar-refractivity contribution is -0.146. The number of nitrogens with zero attached hydrogens (tertiary/aromatic N) is 4. The van der Waals surface area contributed by atoms with Gasteiger partial charge in [0.05, 0.1) is 6.61 Å². The zero-order valence-electron chi connectivity index (χ0n) is 11.2. The minimum absolute atomic E-state index is 0.232. The maximum absolute atomic E-state index is 12.3. The van der Waals surface area contributed by atoms with E-state index in [1.54, 1.807) is 22.9 Å². The lowest BCUT2D eigenvalue weighted by atomic mass is 9.92. The summed E-state index contributed by atoms with van der Waals surface area (Å²) < 4.78 is 6.89. The Morgan fingerprint density at radius 2 is 2.40 bits per heavy atom. The first-order valence-corrected chi connectivity index (χ1v) is 7.25. The van der Waals surface area contributed by atoms with Gasteiger partial charge in [-0.2, -0.15) is 10.1 Å². The fourth-order valence-corrected chi connectivity index (χ4v) is 3.24. The predicted molar refractivity (Wildman–Crippen MR) is 75.4 cm³/mol. The van der Waals surface area contributed by atoms with Crippen LogP contribution in [0.1, 0.15) is 24.8 Å². The predicted octanol–water partition coefficient (Wildman–Crippen LogP) is 2.21. The van der Waals surface area contributed by atoms with Crippen molar-refractivity contribution in [2.75, 3.05) is 6.61 Å². The molecule has 2 unspecified atom stereocenters. The number of thiophene rings is 1. The summed E-state index contributed by atoms with van der Waals surface area (Å²) in [5, 5.41) is 6.20. The highest BCUT2D eigenvalue weighted by atomic mass is 32.1. The molecule has 0 spiro atoms. The fraction of sp³-hybridized carbons (Fsp3) is 0.385. The van der Waals surface area contributed by atoms with Crippen molar-refractivity contribution < 1.29 is 9.53 Å². The second kappa shape index (κ2) is 5.16. The second-order valence-corrected chi connectivity index (χ2v) is 5.43. The number of carbonyl (C=O) groups excluding carboxylic acids is 1. The number of aliphatic imine (C=N–C) groups is 1. The van der Waals surface area contributed by atoms with Gasteiger partial charge in [-0.1, -0.05) is 6.07 Å². The summed E-state index contributed by atoms with van der Waals surface area (Å²) in [6, 6.07) is 3.72. The van der Waals surface area contributed by atoms with E-state index in [1.807, 2.05) is 24.4 Å². The molecule has 0 saturated carbocycles. The summed E-state index contributed by atoms with van der Waals surface area (Å²) in [5.41, 5.74) is 0.711. The van der Waals surface area contributed by atoms with Crippen molar-refractivity contribution in [3.8, 4) is 0 Å². The highest BCUT2D eigenvalue weighted by Gasteiger charge is 2.40. The number of hydrogen-bond acceptors (Lipinski definition) is 6. The van der Waals surface area contributed by atoms with Gasteiger partial charge in [0.25, 0.3) is 0 Å². The molecule has 20 heavy (non-hydrogen) atoms. The van der Waals surface area contributed by atoms with Crippen LogP contribution in [0.25, 0.3) is 0 Å². The molecule has 2 aromatic heterocycles. The summed E-state index contributed by atoms with van der Waals surface area (Å²) in [6.45, 7) is 3.98. The van der Waals surface area contributed by atoms with E-state index in [0.29, 0.717) is 18.3 Å². The number of esters is 1. The van der Waals surface area contributed by atoms with Crippen molar-refractivity contribution in [3.63, 3.8) is 0 Å². The second-order valence-electron chi connectivity index (χ2n) is 4.45. The Morgan fingerprint density at radius 1 is 1.55 bits per heavy atom. The van der Waals surface area contributed by atoms with Crippen LogP contribution in [0.4, 0.5) is 5.95 Å². The molecule has 104 valence electrons. The summed E-state index contributed by atoms with van der Waals surface area (Å²) in [5.74, 6) is -0.197. The summed E-state index contributed by atoms with van der Waals surface area (Å²) in [6.07, 6.45) is 1.46. The lowest BCUT2D eigenvalue weighted by Gasteiger charge is -2.28. The first-order valence-electron chi connectivity index (χ1n) is 6.37. The van der Waals surface area contributed by atoms with Gasteiger partial charge >= 0.3 is 5.97 Å². The maximum Gasteiger partial charge on any atom is 0.317 e. The first-order chi connectivity index (χ1) is 9.72. The quantitative estimate of drug-likeness (QED) is 0.813. The van der Waals surface area contributed by atoms with Crippen molar-refractivity contribution in [2.45, 2.75) is 19.9 Å².